The van der Waals surface area contributed by atoms with Gasteiger partial charge >= 0.3 is 5.97 Å². The summed E-state index contributed by atoms with van der Waals surface area (Å²) in [7, 11) is 0. The van der Waals surface area contributed by atoms with Crippen LogP contribution in [0.4, 0.5) is 0 Å². The van der Waals surface area contributed by atoms with Crippen LogP contribution in [0.3, 0.4) is 0 Å². The fourth-order valence-electron chi connectivity index (χ4n) is 2.00. The molecule has 2 nitrogen and oxygen atoms in total. The van der Waals surface area contributed by atoms with Crippen molar-refractivity contribution < 1.29 is 9.53 Å². The van der Waals surface area contributed by atoms with Crippen molar-refractivity contribution >= 4 is 5.97 Å². The molecule has 1 unspecified atom stereocenters. The Bertz CT molecular complexity index is 266. The molecule has 0 saturated heterocycles. The molecule has 0 spiro atoms. The largest absolute Gasteiger partial charge is 0.466 e. The third-order valence-electron chi connectivity index (χ3n) is 3.29. The highest BCUT2D eigenvalue weighted by Gasteiger charge is 2.36. The van der Waals surface area contributed by atoms with Crippen LogP contribution in [-0.2, 0) is 9.53 Å². The zero-order valence-electron chi connectivity index (χ0n) is 10.3. The number of hydrogen-bond acceptors (Lipinski definition) is 2. The predicted octanol–water partition coefficient (Wildman–Crippen LogP) is 3.32. The zero-order chi connectivity index (χ0) is 11.5. The molecule has 15 heavy (non-hydrogen) atoms. The molecule has 0 heterocycles. The molecule has 1 atom stereocenters. The Labute approximate surface area is 92.7 Å². The van der Waals surface area contributed by atoms with Gasteiger partial charge in [-0.2, -0.15) is 0 Å². The maximum absolute atomic E-state index is 11.7. The van der Waals surface area contributed by atoms with Gasteiger partial charge in [-0.15, -0.1) is 0 Å². The summed E-state index contributed by atoms with van der Waals surface area (Å²) in [5.41, 5.74) is 1.20. The summed E-state index contributed by atoms with van der Waals surface area (Å²) in [6.07, 6.45) is 5.02. The van der Waals surface area contributed by atoms with Crippen LogP contribution in [0.2, 0.25) is 0 Å². The first-order chi connectivity index (χ1) is 6.99. The summed E-state index contributed by atoms with van der Waals surface area (Å²) in [5.74, 6) is 0.570. The lowest BCUT2D eigenvalue weighted by Crippen LogP contribution is -2.31. The molecule has 0 aromatic carbocycles. The summed E-state index contributed by atoms with van der Waals surface area (Å²) < 4.78 is 5.11. The van der Waals surface area contributed by atoms with E-state index in [9.17, 15) is 4.79 Å². The van der Waals surface area contributed by atoms with Gasteiger partial charge in [0.25, 0.3) is 0 Å². The molecule has 0 saturated carbocycles. The Morgan fingerprint density at radius 3 is 2.67 bits per heavy atom. The van der Waals surface area contributed by atoms with Crippen LogP contribution in [0, 0.1) is 11.3 Å². The molecule has 1 aliphatic carbocycles. The highest BCUT2D eigenvalue weighted by Crippen LogP contribution is 2.38. The van der Waals surface area contributed by atoms with Gasteiger partial charge in [0.15, 0.2) is 0 Å². The maximum Gasteiger partial charge on any atom is 0.312 e. The van der Waals surface area contributed by atoms with E-state index in [0.29, 0.717) is 12.5 Å². The Hall–Kier alpha value is -0.790. The van der Waals surface area contributed by atoms with E-state index in [1.807, 2.05) is 13.8 Å². The molecule has 0 aromatic heterocycles. The molecule has 0 aromatic rings. The number of carbonyl (C=O) groups excluding carboxylic acids is 1. The Balaban J connectivity index is 2.65. The lowest BCUT2D eigenvalue weighted by Gasteiger charge is -2.31. The minimum atomic E-state index is -0.283. The average Bonchev–Trinajstić information content (AvgIpc) is 2.18. The summed E-state index contributed by atoms with van der Waals surface area (Å²) in [4.78, 5) is 11.7. The van der Waals surface area contributed by atoms with Crippen LogP contribution in [-0.4, -0.2) is 12.6 Å². The maximum atomic E-state index is 11.7. The second-order valence-electron chi connectivity index (χ2n) is 4.92. The standard InChI is InChI=1S/C13H22O2/c1-5-15-12(14)13(4)8-6-11(7-9-13)10(2)3/h6,10H,5,7-9H2,1-4H3. The molecule has 0 aliphatic heterocycles. The minimum Gasteiger partial charge on any atom is -0.466 e. The molecule has 0 bridgehead atoms. The number of rotatable bonds is 3. The zero-order valence-corrected chi connectivity index (χ0v) is 10.3. The van der Waals surface area contributed by atoms with E-state index in [1.165, 1.54) is 5.57 Å². The van der Waals surface area contributed by atoms with Gasteiger partial charge in [0.1, 0.15) is 0 Å². The van der Waals surface area contributed by atoms with Crippen molar-refractivity contribution in [3.05, 3.63) is 11.6 Å². The highest BCUT2D eigenvalue weighted by atomic mass is 16.5. The van der Waals surface area contributed by atoms with Crippen molar-refractivity contribution in [2.75, 3.05) is 6.61 Å². The topological polar surface area (TPSA) is 26.3 Å². The quantitative estimate of drug-likeness (QED) is 0.527. The smallest absolute Gasteiger partial charge is 0.312 e. The van der Waals surface area contributed by atoms with Crippen LogP contribution in [0.25, 0.3) is 0 Å². The van der Waals surface area contributed by atoms with Crippen LogP contribution < -0.4 is 0 Å². The van der Waals surface area contributed by atoms with Gasteiger partial charge in [-0.3, -0.25) is 4.79 Å². The van der Waals surface area contributed by atoms with Crippen LogP contribution in [0.1, 0.15) is 47.0 Å². The molecule has 1 aliphatic rings. The van der Waals surface area contributed by atoms with Crippen molar-refractivity contribution in [3.63, 3.8) is 0 Å². The van der Waals surface area contributed by atoms with Gasteiger partial charge in [-0.25, -0.2) is 0 Å². The molecule has 0 fully saturated rings. The second-order valence-corrected chi connectivity index (χ2v) is 4.92. The summed E-state index contributed by atoms with van der Waals surface area (Å²) in [5, 5.41) is 0. The minimum absolute atomic E-state index is 0.0379. The van der Waals surface area contributed by atoms with Crippen molar-refractivity contribution in [1.82, 2.24) is 0 Å². The molecule has 0 radical (unpaired) electrons. The van der Waals surface area contributed by atoms with Gasteiger partial charge in [0, 0.05) is 0 Å². The lowest BCUT2D eigenvalue weighted by atomic mass is 9.74. The van der Waals surface area contributed by atoms with E-state index in [-0.39, 0.29) is 11.4 Å². The fraction of sp³-hybridized carbons (Fsp3) is 0.769. The Morgan fingerprint density at radius 1 is 1.60 bits per heavy atom. The number of carbonyl (C=O) groups is 1. The van der Waals surface area contributed by atoms with Gasteiger partial charge in [-0.05, 0) is 39.0 Å². The third-order valence-corrected chi connectivity index (χ3v) is 3.29. The predicted molar refractivity (Wildman–Crippen MR) is 61.5 cm³/mol. The average molecular weight is 210 g/mol. The van der Waals surface area contributed by atoms with Gasteiger partial charge < -0.3 is 4.74 Å². The van der Waals surface area contributed by atoms with Crippen molar-refractivity contribution in [3.8, 4) is 0 Å². The monoisotopic (exact) mass is 210 g/mol. The molecule has 0 amide bonds. The van der Waals surface area contributed by atoms with E-state index >= 15 is 0 Å². The molecular weight excluding hydrogens is 188 g/mol. The first-order valence-corrected chi connectivity index (χ1v) is 5.85. The van der Waals surface area contributed by atoms with E-state index in [1.54, 1.807) is 0 Å². The SMILES string of the molecule is CCOC(=O)C1(C)CC=C(C(C)C)CC1. The summed E-state index contributed by atoms with van der Waals surface area (Å²) in [6.45, 7) is 8.77. The van der Waals surface area contributed by atoms with E-state index in [2.05, 4.69) is 19.9 Å². The first kappa shape index (κ1) is 12.3. The first-order valence-electron chi connectivity index (χ1n) is 5.85. The second kappa shape index (κ2) is 4.82. The van der Waals surface area contributed by atoms with Crippen LogP contribution in [0.15, 0.2) is 11.6 Å². The van der Waals surface area contributed by atoms with E-state index in [4.69, 9.17) is 4.74 Å². The van der Waals surface area contributed by atoms with Gasteiger partial charge in [-0.1, -0.05) is 25.5 Å². The van der Waals surface area contributed by atoms with Crippen molar-refractivity contribution in [1.29, 1.82) is 0 Å². The molecule has 1 rings (SSSR count). The third kappa shape index (κ3) is 2.83. The molecule has 0 N–H and O–H groups in total. The number of allylic oxidation sites excluding steroid dienone is 2. The van der Waals surface area contributed by atoms with Gasteiger partial charge in [0.2, 0.25) is 0 Å². The number of esters is 1. The summed E-state index contributed by atoms with van der Waals surface area (Å²) >= 11 is 0. The summed E-state index contributed by atoms with van der Waals surface area (Å²) in [6, 6.07) is 0. The van der Waals surface area contributed by atoms with E-state index < -0.39 is 0 Å². The Kier molecular flexibility index (Phi) is 3.95. The lowest BCUT2D eigenvalue weighted by molar-refractivity contribution is -0.154. The number of ether oxygens (including phenoxy) is 1. The molecular formula is C13H22O2. The van der Waals surface area contributed by atoms with Crippen molar-refractivity contribution in [2.24, 2.45) is 11.3 Å². The normalized spacial score (nSPS) is 26.3. The van der Waals surface area contributed by atoms with Crippen LogP contribution >= 0.6 is 0 Å². The fourth-order valence-corrected chi connectivity index (χ4v) is 2.00. The highest BCUT2D eigenvalue weighted by molar-refractivity contribution is 5.76. The van der Waals surface area contributed by atoms with E-state index in [0.717, 1.165) is 19.3 Å². The number of hydrogen-bond donors (Lipinski definition) is 0. The molecule has 2 heteroatoms. The van der Waals surface area contributed by atoms with Crippen molar-refractivity contribution in [2.45, 2.75) is 47.0 Å². The molecule has 86 valence electrons. The van der Waals surface area contributed by atoms with Gasteiger partial charge in [0.05, 0.1) is 12.0 Å². The van der Waals surface area contributed by atoms with Crippen LogP contribution in [0.5, 0.6) is 0 Å². The Morgan fingerprint density at radius 2 is 2.27 bits per heavy atom.